The number of ether oxygens (including phenoxy) is 1. The molecule has 1 spiro atoms. The Balaban J connectivity index is 1.41. The SMILES string of the molecule is C=S1(=O)C[C@@H](C)CCC[C@H](CO)[C@@H]2CC[C@H]2CN2C[C@@]3(CCCc4cc(Cl)ccc43)COc3ccc(cc32)C(=O)N1. The van der Waals surface area contributed by atoms with Crippen molar-refractivity contribution in [2.45, 2.75) is 63.7 Å². The molecule has 2 N–H and O–H groups in total. The molecular formula is C33H43ClN2O4S. The second-order valence-electron chi connectivity index (χ2n) is 13.2. The lowest BCUT2D eigenvalue weighted by Crippen LogP contribution is -2.49. The molecule has 0 saturated heterocycles. The van der Waals surface area contributed by atoms with Gasteiger partial charge in [-0.3, -0.25) is 9.52 Å². The maximum Gasteiger partial charge on any atom is 0.262 e. The van der Waals surface area contributed by atoms with Gasteiger partial charge in [-0.1, -0.05) is 31.0 Å². The van der Waals surface area contributed by atoms with E-state index in [9.17, 15) is 14.1 Å². The van der Waals surface area contributed by atoms with Gasteiger partial charge in [0, 0.05) is 51.2 Å². The molecule has 4 aliphatic rings. The number of hydrogen-bond donors (Lipinski definition) is 2. The summed E-state index contributed by atoms with van der Waals surface area (Å²) in [6, 6.07) is 11.9. The Kier molecular flexibility index (Phi) is 8.07. The lowest BCUT2D eigenvalue weighted by Gasteiger charge is -2.46. The highest BCUT2D eigenvalue weighted by Crippen LogP contribution is 2.47. The lowest BCUT2D eigenvalue weighted by atomic mass is 9.65. The van der Waals surface area contributed by atoms with Crippen molar-refractivity contribution in [3.8, 4) is 5.75 Å². The number of aliphatic hydroxyl groups excluding tert-OH is 1. The van der Waals surface area contributed by atoms with Gasteiger partial charge in [0.2, 0.25) is 0 Å². The van der Waals surface area contributed by atoms with Gasteiger partial charge in [-0.2, -0.15) is 0 Å². The third kappa shape index (κ3) is 5.87. The van der Waals surface area contributed by atoms with Crippen LogP contribution < -0.4 is 14.4 Å². The number of benzene rings is 2. The third-order valence-electron chi connectivity index (χ3n) is 10.2. The first-order valence-electron chi connectivity index (χ1n) is 15.2. The van der Waals surface area contributed by atoms with Crippen LogP contribution in [-0.4, -0.2) is 53.1 Å². The minimum Gasteiger partial charge on any atom is -0.490 e. The molecular weight excluding hydrogens is 556 g/mol. The number of anilines is 1. The van der Waals surface area contributed by atoms with Crippen molar-refractivity contribution in [1.82, 2.24) is 4.72 Å². The molecule has 1 saturated carbocycles. The van der Waals surface area contributed by atoms with Crippen molar-refractivity contribution in [2.24, 2.45) is 23.7 Å². The largest absolute Gasteiger partial charge is 0.490 e. The van der Waals surface area contributed by atoms with E-state index < -0.39 is 9.71 Å². The van der Waals surface area contributed by atoms with Crippen molar-refractivity contribution in [1.29, 1.82) is 0 Å². The predicted molar refractivity (Wildman–Crippen MR) is 168 cm³/mol. The third-order valence-corrected chi connectivity index (χ3v) is 12.1. The van der Waals surface area contributed by atoms with E-state index in [0.717, 1.165) is 80.9 Å². The van der Waals surface area contributed by atoms with E-state index in [4.69, 9.17) is 16.3 Å². The van der Waals surface area contributed by atoms with Crippen LogP contribution in [0.4, 0.5) is 5.69 Å². The first-order valence-corrected chi connectivity index (χ1v) is 17.5. The number of amides is 1. The van der Waals surface area contributed by atoms with Gasteiger partial charge in [0.05, 0.1) is 12.3 Å². The normalized spacial score (nSPS) is 33.9. The van der Waals surface area contributed by atoms with Crippen molar-refractivity contribution in [3.63, 3.8) is 0 Å². The Hall–Kier alpha value is -2.22. The van der Waals surface area contributed by atoms with Gasteiger partial charge in [-0.05, 0) is 116 Å². The van der Waals surface area contributed by atoms with Gasteiger partial charge < -0.3 is 14.7 Å². The molecule has 2 heterocycles. The zero-order chi connectivity index (χ0) is 28.8. The Labute approximate surface area is 249 Å². The first-order chi connectivity index (χ1) is 19.7. The van der Waals surface area contributed by atoms with Gasteiger partial charge >= 0.3 is 0 Å². The quantitative estimate of drug-likeness (QED) is 0.416. The molecule has 0 radical (unpaired) electrons. The van der Waals surface area contributed by atoms with Crippen LogP contribution in [0.2, 0.25) is 5.02 Å². The summed E-state index contributed by atoms with van der Waals surface area (Å²) in [6.07, 6.45) is 8.25. The fourth-order valence-corrected chi connectivity index (χ4v) is 9.78. The minimum atomic E-state index is -2.79. The maximum absolute atomic E-state index is 13.4. The predicted octanol–water partition coefficient (Wildman–Crippen LogP) is 5.63. The van der Waals surface area contributed by atoms with Gasteiger partial charge in [-0.25, -0.2) is 4.21 Å². The molecule has 6 nitrogen and oxygen atoms in total. The Morgan fingerprint density at radius 2 is 2.02 bits per heavy atom. The molecule has 2 aromatic rings. The van der Waals surface area contributed by atoms with Crippen molar-refractivity contribution >= 4 is 38.8 Å². The average Bonchev–Trinajstić information content (AvgIpc) is 3.06. The monoisotopic (exact) mass is 598 g/mol. The minimum absolute atomic E-state index is 0.171. The van der Waals surface area contributed by atoms with Gasteiger partial charge in [0.15, 0.2) is 0 Å². The van der Waals surface area contributed by atoms with Crippen LogP contribution in [0.25, 0.3) is 0 Å². The highest BCUT2D eigenvalue weighted by atomic mass is 35.5. The highest BCUT2D eigenvalue weighted by molar-refractivity contribution is 7.99. The van der Waals surface area contributed by atoms with Gasteiger partial charge in [0.25, 0.3) is 5.91 Å². The summed E-state index contributed by atoms with van der Waals surface area (Å²) in [7, 11) is -2.79. The number of nitrogens with zero attached hydrogens (tertiary/aromatic N) is 1. The number of halogens is 1. The van der Waals surface area contributed by atoms with Crippen LogP contribution in [0, 0.1) is 23.7 Å². The number of rotatable bonds is 1. The van der Waals surface area contributed by atoms with Crippen LogP contribution in [0.3, 0.4) is 0 Å². The molecule has 1 fully saturated rings. The van der Waals surface area contributed by atoms with Crippen molar-refractivity contribution in [3.05, 3.63) is 58.1 Å². The van der Waals surface area contributed by atoms with Crippen LogP contribution in [0.15, 0.2) is 36.4 Å². The molecule has 6 rings (SSSR count). The van der Waals surface area contributed by atoms with Crippen LogP contribution in [-0.2, 0) is 21.5 Å². The Morgan fingerprint density at radius 1 is 1.17 bits per heavy atom. The molecule has 41 heavy (non-hydrogen) atoms. The smallest absolute Gasteiger partial charge is 0.262 e. The number of carbonyl (C=O) groups excluding carboxylic acids is 1. The lowest BCUT2D eigenvalue weighted by molar-refractivity contribution is 0.0570. The van der Waals surface area contributed by atoms with Crippen molar-refractivity contribution < 1.29 is 18.8 Å². The van der Waals surface area contributed by atoms with E-state index in [1.165, 1.54) is 11.1 Å². The average molecular weight is 599 g/mol. The topological polar surface area (TPSA) is 78.9 Å². The summed E-state index contributed by atoms with van der Waals surface area (Å²) >= 11 is 6.41. The molecule has 1 amide bonds. The standard InChI is InChI=1S/C33H43ClN2O4S/c1-22-5-3-6-26(18-37)28-11-8-25(28)17-36-20-33(14-4-7-23-15-27(34)10-12-29(23)33)21-40-31-13-9-24(16-30(31)36)32(38)35-41(2,39)19-22/h9-10,12-13,15-16,22,25-26,28,37H,2-8,11,14,17-21H2,1H3,(H,35,38,39)/t22-,25-,26+,28+,33-,41?/m0/s1. The Bertz CT molecular complexity index is 1410. The molecule has 2 aliphatic heterocycles. The zero-order valence-electron chi connectivity index (χ0n) is 24.1. The van der Waals surface area contributed by atoms with E-state index in [2.05, 4.69) is 34.5 Å². The number of fused-ring (bicyclic) bond motifs is 4. The van der Waals surface area contributed by atoms with Gasteiger partial charge in [-0.15, -0.1) is 0 Å². The zero-order valence-corrected chi connectivity index (χ0v) is 25.7. The molecule has 0 aromatic heterocycles. The molecule has 6 atom stereocenters. The molecule has 1 unspecified atom stereocenters. The molecule has 222 valence electrons. The number of nitrogens with one attached hydrogen (secondary N) is 1. The highest BCUT2D eigenvalue weighted by Gasteiger charge is 2.44. The van der Waals surface area contributed by atoms with E-state index in [0.29, 0.717) is 29.8 Å². The second-order valence-corrected chi connectivity index (χ2v) is 15.8. The van der Waals surface area contributed by atoms with E-state index in [-0.39, 0.29) is 29.8 Å². The van der Waals surface area contributed by atoms with Gasteiger partial charge in [0.1, 0.15) is 5.75 Å². The van der Waals surface area contributed by atoms with Crippen LogP contribution in [0.1, 0.15) is 73.4 Å². The number of aliphatic hydroxyl groups is 1. The van der Waals surface area contributed by atoms with Crippen LogP contribution >= 0.6 is 11.6 Å². The summed E-state index contributed by atoms with van der Waals surface area (Å²) in [5.41, 5.74) is 3.81. The van der Waals surface area contributed by atoms with E-state index in [1.54, 1.807) is 6.07 Å². The van der Waals surface area contributed by atoms with Crippen molar-refractivity contribution in [2.75, 3.05) is 37.0 Å². The number of hydrogen-bond acceptors (Lipinski definition) is 5. The summed E-state index contributed by atoms with van der Waals surface area (Å²) < 4.78 is 22.7. The fourth-order valence-electron chi connectivity index (χ4n) is 7.96. The summed E-state index contributed by atoms with van der Waals surface area (Å²) in [5, 5.41) is 11.2. The summed E-state index contributed by atoms with van der Waals surface area (Å²) in [6.45, 7) is 4.49. The first kappa shape index (κ1) is 28.9. The summed E-state index contributed by atoms with van der Waals surface area (Å²) in [4.78, 5) is 15.8. The van der Waals surface area contributed by atoms with E-state index >= 15 is 0 Å². The molecule has 2 aromatic carbocycles. The van der Waals surface area contributed by atoms with E-state index in [1.807, 2.05) is 18.2 Å². The molecule has 2 bridgehead atoms. The molecule has 8 heteroatoms. The number of aryl methyl sites for hydroxylation is 1. The Morgan fingerprint density at radius 3 is 2.80 bits per heavy atom. The molecule has 2 aliphatic carbocycles. The number of carbonyl (C=O) groups is 1. The fraction of sp³-hybridized carbons (Fsp3) is 0.576. The summed E-state index contributed by atoms with van der Waals surface area (Å²) in [5.74, 6) is 6.08. The maximum atomic E-state index is 13.4. The van der Waals surface area contributed by atoms with Crippen LogP contribution in [0.5, 0.6) is 5.75 Å². The second kappa shape index (κ2) is 11.5.